The SMILES string of the molecule is Clc1cccc(-c2nnc(SCCCCCn3nnc(-c4ccccc4)n3)o2)c1. The summed E-state index contributed by atoms with van der Waals surface area (Å²) in [7, 11) is 0. The van der Waals surface area contributed by atoms with Gasteiger partial charge in [0.05, 0.1) is 6.54 Å². The van der Waals surface area contributed by atoms with Crippen molar-refractivity contribution in [2.45, 2.75) is 31.0 Å². The molecule has 0 spiro atoms. The van der Waals surface area contributed by atoms with E-state index in [0.29, 0.717) is 22.0 Å². The molecule has 0 bridgehead atoms. The minimum absolute atomic E-state index is 0.487. The Morgan fingerprint density at radius 1 is 0.897 bits per heavy atom. The molecule has 4 aromatic rings. The van der Waals surface area contributed by atoms with Crippen LogP contribution in [-0.2, 0) is 6.54 Å². The largest absolute Gasteiger partial charge is 0.411 e. The van der Waals surface area contributed by atoms with Gasteiger partial charge in [0.2, 0.25) is 11.7 Å². The van der Waals surface area contributed by atoms with Crippen LogP contribution in [0, 0.1) is 0 Å². The highest BCUT2D eigenvalue weighted by molar-refractivity contribution is 7.99. The minimum atomic E-state index is 0.487. The Morgan fingerprint density at radius 3 is 2.62 bits per heavy atom. The fraction of sp³-hybridized carbons (Fsp3) is 0.250. The van der Waals surface area contributed by atoms with E-state index in [0.717, 1.165) is 42.7 Å². The Morgan fingerprint density at radius 2 is 1.76 bits per heavy atom. The van der Waals surface area contributed by atoms with Crippen molar-refractivity contribution < 1.29 is 4.42 Å². The Labute approximate surface area is 177 Å². The number of hydrogen-bond acceptors (Lipinski definition) is 7. The molecule has 2 aromatic heterocycles. The van der Waals surface area contributed by atoms with Gasteiger partial charge < -0.3 is 4.42 Å². The van der Waals surface area contributed by atoms with Crippen LogP contribution in [0.25, 0.3) is 22.8 Å². The highest BCUT2D eigenvalue weighted by Gasteiger charge is 2.09. The molecule has 2 heterocycles. The van der Waals surface area contributed by atoms with Crippen LogP contribution >= 0.6 is 23.4 Å². The number of aryl methyl sites for hydroxylation is 1. The molecule has 4 rings (SSSR count). The summed E-state index contributed by atoms with van der Waals surface area (Å²) < 4.78 is 5.70. The van der Waals surface area contributed by atoms with Crippen molar-refractivity contribution in [1.82, 2.24) is 30.4 Å². The van der Waals surface area contributed by atoms with Gasteiger partial charge in [-0.05, 0) is 36.3 Å². The molecule has 0 saturated heterocycles. The summed E-state index contributed by atoms with van der Waals surface area (Å²) >= 11 is 7.56. The summed E-state index contributed by atoms with van der Waals surface area (Å²) in [6, 6.07) is 17.3. The lowest BCUT2D eigenvalue weighted by Crippen LogP contribution is -2.02. The molecular weight excluding hydrogens is 408 g/mol. The number of unbranched alkanes of at least 4 members (excludes halogenated alkanes) is 2. The molecular formula is C20H19ClN6OS. The van der Waals surface area contributed by atoms with E-state index in [4.69, 9.17) is 16.0 Å². The molecule has 0 saturated carbocycles. The molecule has 0 N–H and O–H groups in total. The fourth-order valence-corrected chi connectivity index (χ4v) is 3.69. The van der Waals surface area contributed by atoms with Gasteiger partial charge in [0.25, 0.3) is 5.22 Å². The van der Waals surface area contributed by atoms with Crippen molar-refractivity contribution >= 4 is 23.4 Å². The van der Waals surface area contributed by atoms with Gasteiger partial charge in [0.1, 0.15) is 0 Å². The van der Waals surface area contributed by atoms with Crippen LogP contribution in [0.3, 0.4) is 0 Å². The monoisotopic (exact) mass is 426 g/mol. The zero-order chi connectivity index (χ0) is 19.9. The lowest BCUT2D eigenvalue weighted by atomic mass is 10.2. The first-order chi connectivity index (χ1) is 14.3. The molecule has 0 radical (unpaired) electrons. The smallest absolute Gasteiger partial charge is 0.276 e. The van der Waals surface area contributed by atoms with E-state index in [1.165, 1.54) is 0 Å². The summed E-state index contributed by atoms with van der Waals surface area (Å²) in [4.78, 5) is 1.66. The molecule has 0 fully saturated rings. The fourth-order valence-electron chi connectivity index (χ4n) is 2.74. The predicted molar refractivity (Wildman–Crippen MR) is 113 cm³/mol. The van der Waals surface area contributed by atoms with E-state index < -0.39 is 0 Å². The van der Waals surface area contributed by atoms with E-state index in [2.05, 4.69) is 25.6 Å². The van der Waals surface area contributed by atoms with Crippen molar-refractivity contribution in [2.24, 2.45) is 0 Å². The van der Waals surface area contributed by atoms with E-state index >= 15 is 0 Å². The maximum Gasteiger partial charge on any atom is 0.276 e. The number of aromatic nitrogens is 6. The van der Waals surface area contributed by atoms with Gasteiger partial charge in [0, 0.05) is 21.9 Å². The summed E-state index contributed by atoms with van der Waals surface area (Å²) in [6.07, 6.45) is 3.09. The molecule has 0 aliphatic carbocycles. The van der Waals surface area contributed by atoms with Crippen molar-refractivity contribution in [1.29, 1.82) is 0 Å². The normalized spacial score (nSPS) is 11.1. The van der Waals surface area contributed by atoms with Crippen LogP contribution < -0.4 is 0 Å². The molecule has 0 aliphatic rings. The summed E-state index contributed by atoms with van der Waals surface area (Å²) in [5.74, 6) is 2.06. The number of thioether (sulfide) groups is 1. The maximum atomic E-state index is 6.00. The Balaban J connectivity index is 1.17. The van der Waals surface area contributed by atoms with Gasteiger partial charge in [-0.2, -0.15) is 4.80 Å². The van der Waals surface area contributed by atoms with Gasteiger partial charge in [-0.1, -0.05) is 66.2 Å². The van der Waals surface area contributed by atoms with Crippen LogP contribution in [0.1, 0.15) is 19.3 Å². The molecule has 9 heteroatoms. The first kappa shape index (κ1) is 19.6. The molecule has 148 valence electrons. The number of benzene rings is 2. The molecule has 0 amide bonds. The quantitative estimate of drug-likeness (QED) is 0.275. The summed E-state index contributed by atoms with van der Waals surface area (Å²) in [6.45, 7) is 0.754. The molecule has 7 nitrogen and oxygen atoms in total. The first-order valence-electron chi connectivity index (χ1n) is 9.33. The third-order valence-corrected chi connectivity index (χ3v) is 5.33. The van der Waals surface area contributed by atoms with Crippen molar-refractivity contribution in [3.05, 3.63) is 59.6 Å². The van der Waals surface area contributed by atoms with Gasteiger partial charge >= 0.3 is 0 Å². The van der Waals surface area contributed by atoms with E-state index in [1.807, 2.05) is 54.6 Å². The Hall–Kier alpha value is -2.71. The number of hydrogen-bond donors (Lipinski definition) is 0. The van der Waals surface area contributed by atoms with Crippen LogP contribution in [0.4, 0.5) is 0 Å². The third-order valence-electron chi connectivity index (χ3n) is 4.19. The summed E-state index contributed by atoms with van der Waals surface area (Å²) in [5.41, 5.74) is 1.80. The van der Waals surface area contributed by atoms with Crippen LogP contribution in [0.5, 0.6) is 0 Å². The lowest BCUT2D eigenvalue weighted by Gasteiger charge is -1.99. The third kappa shape index (κ3) is 5.42. The second-order valence-electron chi connectivity index (χ2n) is 6.37. The summed E-state index contributed by atoms with van der Waals surface area (Å²) in [5, 5.41) is 22.1. The van der Waals surface area contributed by atoms with Crippen LogP contribution in [-0.4, -0.2) is 36.2 Å². The zero-order valence-electron chi connectivity index (χ0n) is 15.6. The van der Waals surface area contributed by atoms with Crippen molar-refractivity contribution in [2.75, 3.05) is 5.75 Å². The molecule has 0 atom stereocenters. The highest BCUT2D eigenvalue weighted by Crippen LogP contribution is 2.25. The standard InChI is InChI=1S/C20H19ClN6OS/c21-17-11-7-10-16(14-17)19-23-24-20(28-19)29-13-6-2-5-12-27-25-18(22-26-27)15-8-3-1-4-9-15/h1,3-4,7-11,14H,2,5-6,12-13H2. The van der Waals surface area contributed by atoms with E-state index in [-0.39, 0.29) is 0 Å². The van der Waals surface area contributed by atoms with Crippen LogP contribution in [0.15, 0.2) is 64.2 Å². The molecule has 0 unspecified atom stereocenters. The number of tetrazole rings is 1. The second kappa shape index (κ2) is 9.67. The predicted octanol–water partition coefficient (Wildman–Crippen LogP) is 5.01. The molecule has 0 aliphatic heterocycles. The van der Waals surface area contributed by atoms with Gasteiger partial charge in [0.15, 0.2) is 0 Å². The first-order valence-corrected chi connectivity index (χ1v) is 10.7. The lowest BCUT2D eigenvalue weighted by molar-refractivity contribution is 0.465. The average Bonchev–Trinajstić information content (AvgIpc) is 3.41. The van der Waals surface area contributed by atoms with Gasteiger partial charge in [-0.3, -0.25) is 0 Å². The van der Waals surface area contributed by atoms with Crippen LogP contribution in [0.2, 0.25) is 5.02 Å². The number of halogens is 1. The van der Waals surface area contributed by atoms with E-state index in [9.17, 15) is 0 Å². The minimum Gasteiger partial charge on any atom is -0.411 e. The zero-order valence-corrected chi connectivity index (χ0v) is 17.2. The highest BCUT2D eigenvalue weighted by atomic mass is 35.5. The number of nitrogens with zero attached hydrogens (tertiary/aromatic N) is 6. The molecule has 29 heavy (non-hydrogen) atoms. The van der Waals surface area contributed by atoms with Gasteiger partial charge in [-0.15, -0.1) is 20.4 Å². The van der Waals surface area contributed by atoms with E-state index in [1.54, 1.807) is 16.6 Å². The van der Waals surface area contributed by atoms with Crippen molar-refractivity contribution in [3.8, 4) is 22.8 Å². The average molecular weight is 427 g/mol. The topological polar surface area (TPSA) is 82.5 Å². The van der Waals surface area contributed by atoms with Gasteiger partial charge in [-0.25, -0.2) is 0 Å². The Bertz CT molecular complexity index is 1050. The number of rotatable bonds is 9. The Kier molecular flexibility index (Phi) is 6.53. The second-order valence-corrected chi connectivity index (χ2v) is 7.85. The maximum absolute atomic E-state index is 6.00. The molecule has 2 aromatic carbocycles. The van der Waals surface area contributed by atoms with Crippen molar-refractivity contribution in [3.63, 3.8) is 0 Å².